The largest absolute Gasteiger partial charge is 0.330 e. The number of halogens is 2. The van der Waals surface area contributed by atoms with Gasteiger partial charge in [-0.25, -0.2) is 0 Å². The van der Waals surface area contributed by atoms with E-state index in [0.717, 1.165) is 24.8 Å². The quantitative estimate of drug-likeness (QED) is 0.838. The fourth-order valence-corrected chi connectivity index (χ4v) is 2.16. The molecular formula is C11H26Cl2N2. The molecule has 0 aromatic heterocycles. The maximum absolute atomic E-state index is 5.49. The highest BCUT2D eigenvalue weighted by molar-refractivity contribution is 5.85. The Labute approximate surface area is 107 Å². The van der Waals surface area contributed by atoms with Crippen molar-refractivity contribution in [1.29, 1.82) is 0 Å². The average Bonchev–Trinajstić information content (AvgIpc) is 2.15. The van der Waals surface area contributed by atoms with Crippen molar-refractivity contribution in [3.63, 3.8) is 0 Å². The number of hydrogen-bond donors (Lipinski definition) is 1. The molecule has 1 aliphatic heterocycles. The van der Waals surface area contributed by atoms with Crippen molar-refractivity contribution in [1.82, 2.24) is 4.90 Å². The highest BCUT2D eigenvalue weighted by Crippen LogP contribution is 2.24. The number of nitrogens with zero attached hydrogens (tertiary/aromatic N) is 1. The molecule has 2 nitrogen and oxygen atoms in total. The third kappa shape index (κ3) is 6.62. The van der Waals surface area contributed by atoms with Gasteiger partial charge in [0.05, 0.1) is 0 Å². The fourth-order valence-electron chi connectivity index (χ4n) is 2.16. The molecule has 1 saturated heterocycles. The highest BCUT2D eigenvalue weighted by Gasteiger charge is 2.20. The molecule has 0 aliphatic carbocycles. The summed E-state index contributed by atoms with van der Waals surface area (Å²) in [6, 6.07) is 0. The molecule has 0 amide bonds. The Balaban J connectivity index is 0. The van der Waals surface area contributed by atoms with E-state index >= 15 is 0 Å². The second-order valence-electron chi connectivity index (χ2n) is 4.57. The topological polar surface area (TPSA) is 29.3 Å². The summed E-state index contributed by atoms with van der Waals surface area (Å²) < 4.78 is 0. The molecule has 0 spiro atoms. The maximum Gasteiger partial charge on any atom is -0.000671 e. The molecular weight excluding hydrogens is 231 g/mol. The first kappa shape index (κ1) is 17.9. The van der Waals surface area contributed by atoms with Crippen LogP contribution in [0, 0.1) is 11.8 Å². The van der Waals surface area contributed by atoms with Crippen LogP contribution in [0.2, 0.25) is 0 Å². The summed E-state index contributed by atoms with van der Waals surface area (Å²) in [6.07, 6.45) is 3.94. The Kier molecular flexibility index (Phi) is 11.6. The minimum absolute atomic E-state index is 0. The van der Waals surface area contributed by atoms with E-state index in [1.54, 1.807) is 0 Å². The number of rotatable bonds is 4. The lowest BCUT2D eigenvalue weighted by atomic mass is 9.87. The second kappa shape index (κ2) is 9.71. The van der Waals surface area contributed by atoms with Gasteiger partial charge in [0.25, 0.3) is 0 Å². The van der Waals surface area contributed by atoms with Crippen LogP contribution in [-0.4, -0.2) is 31.1 Å². The van der Waals surface area contributed by atoms with E-state index < -0.39 is 0 Å². The Bertz CT molecular complexity index is 135. The Morgan fingerprint density at radius 2 is 1.73 bits per heavy atom. The molecule has 0 unspecified atom stereocenters. The molecule has 1 rings (SSSR count). The van der Waals surface area contributed by atoms with Crippen molar-refractivity contribution in [3.05, 3.63) is 0 Å². The molecule has 0 radical (unpaired) electrons. The van der Waals surface area contributed by atoms with Gasteiger partial charge in [-0.15, -0.1) is 24.8 Å². The number of nitrogens with two attached hydrogens (primary N) is 1. The SMILES string of the molecule is CC(C)C1CCN(CCCN)CC1.Cl.Cl. The lowest BCUT2D eigenvalue weighted by Gasteiger charge is -2.33. The second-order valence-corrected chi connectivity index (χ2v) is 4.57. The summed E-state index contributed by atoms with van der Waals surface area (Å²) in [5.74, 6) is 1.84. The summed E-state index contributed by atoms with van der Waals surface area (Å²) in [6.45, 7) is 9.33. The van der Waals surface area contributed by atoms with Gasteiger partial charge in [-0.3, -0.25) is 0 Å². The van der Waals surface area contributed by atoms with E-state index in [0.29, 0.717) is 0 Å². The molecule has 0 aromatic rings. The molecule has 1 aliphatic rings. The molecule has 0 aromatic carbocycles. The van der Waals surface area contributed by atoms with Crippen LogP contribution >= 0.6 is 24.8 Å². The third-order valence-electron chi connectivity index (χ3n) is 3.25. The zero-order valence-corrected chi connectivity index (χ0v) is 11.6. The zero-order valence-electron chi connectivity index (χ0n) is 9.95. The van der Waals surface area contributed by atoms with Gasteiger partial charge >= 0.3 is 0 Å². The van der Waals surface area contributed by atoms with Crippen LogP contribution in [0.5, 0.6) is 0 Å². The van der Waals surface area contributed by atoms with Crippen LogP contribution in [0.4, 0.5) is 0 Å². The fraction of sp³-hybridized carbons (Fsp3) is 1.00. The van der Waals surface area contributed by atoms with Crippen molar-refractivity contribution in [3.8, 4) is 0 Å². The molecule has 4 heteroatoms. The number of hydrogen-bond acceptors (Lipinski definition) is 2. The molecule has 15 heavy (non-hydrogen) atoms. The van der Waals surface area contributed by atoms with E-state index in [1.807, 2.05) is 0 Å². The summed E-state index contributed by atoms with van der Waals surface area (Å²) in [4.78, 5) is 2.56. The Morgan fingerprint density at radius 3 is 2.13 bits per heavy atom. The normalized spacial score (nSPS) is 18.4. The Hall–Kier alpha value is 0.500. The van der Waals surface area contributed by atoms with Crippen molar-refractivity contribution in [2.24, 2.45) is 17.6 Å². The molecule has 94 valence electrons. The van der Waals surface area contributed by atoms with Gasteiger partial charge in [0, 0.05) is 0 Å². The van der Waals surface area contributed by atoms with Crippen molar-refractivity contribution in [2.45, 2.75) is 33.1 Å². The van der Waals surface area contributed by atoms with Gasteiger partial charge in [-0.2, -0.15) is 0 Å². The first-order chi connectivity index (χ1) is 6.24. The van der Waals surface area contributed by atoms with Crippen LogP contribution in [0.1, 0.15) is 33.1 Å². The average molecular weight is 257 g/mol. The molecule has 2 N–H and O–H groups in total. The molecule has 0 saturated carbocycles. The lowest BCUT2D eigenvalue weighted by molar-refractivity contribution is 0.157. The van der Waals surface area contributed by atoms with Crippen molar-refractivity contribution >= 4 is 24.8 Å². The first-order valence-electron chi connectivity index (χ1n) is 5.66. The summed E-state index contributed by atoms with van der Waals surface area (Å²) in [7, 11) is 0. The van der Waals surface area contributed by atoms with Gasteiger partial charge < -0.3 is 10.6 Å². The van der Waals surface area contributed by atoms with Crippen molar-refractivity contribution in [2.75, 3.05) is 26.2 Å². The molecule has 0 bridgehead atoms. The minimum atomic E-state index is 0. The molecule has 1 fully saturated rings. The zero-order chi connectivity index (χ0) is 9.68. The Morgan fingerprint density at radius 1 is 1.20 bits per heavy atom. The van der Waals surface area contributed by atoms with E-state index in [9.17, 15) is 0 Å². The van der Waals surface area contributed by atoms with Crippen LogP contribution in [0.3, 0.4) is 0 Å². The number of likely N-dealkylation sites (tertiary alicyclic amines) is 1. The first-order valence-corrected chi connectivity index (χ1v) is 5.66. The van der Waals surface area contributed by atoms with Crippen LogP contribution in [-0.2, 0) is 0 Å². The van der Waals surface area contributed by atoms with Gasteiger partial charge in [-0.05, 0) is 57.3 Å². The van der Waals surface area contributed by atoms with Crippen LogP contribution in [0.25, 0.3) is 0 Å². The van der Waals surface area contributed by atoms with E-state index in [1.165, 1.54) is 32.5 Å². The van der Waals surface area contributed by atoms with E-state index in [2.05, 4.69) is 18.7 Å². The number of piperidine rings is 1. The standard InChI is InChI=1S/C11H24N2.2ClH/c1-10(2)11-4-8-13(9-5-11)7-3-6-12;;/h10-11H,3-9,12H2,1-2H3;2*1H. The smallest absolute Gasteiger partial charge is 0.000671 e. The maximum atomic E-state index is 5.49. The van der Waals surface area contributed by atoms with Gasteiger partial charge in [0.15, 0.2) is 0 Å². The highest BCUT2D eigenvalue weighted by atomic mass is 35.5. The van der Waals surface area contributed by atoms with Crippen molar-refractivity contribution < 1.29 is 0 Å². The van der Waals surface area contributed by atoms with Gasteiger partial charge in [0.1, 0.15) is 0 Å². The van der Waals surface area contributed by atoms with E-state index in [4.69, 9.17) is 5.73 Å². The monoisotopic (exact) mass is 256 g/mol. The predicted molar refractivity (Wildman–Crippen MR) is 72.2 cm³/mol. The van der Waals surface area contributed by atoms with Gasteiger partial charge in [-0.1, -0.05) is 13.8 Å². The summed E-state index contributed by atoms with van der Waals surface area (Å²) in [5.41, 5.74) is 5.49. The minimum Gasteiger partial charge on any atom is -0.330 e. The van der Waals surface area contributed by atoms with Crippen LogP contribution < -0.4 is 5.73 Å². The van der Waals surface area contributed by atoms with Crippen LogP contribution in [0.15, 0.2) is 0 Å². The predicted octanol–water partition coefficient (Wildman–Crippen LogP) is 2.55. The summed E-state index contributed by atoms with van der Waals surface area (Å²) >= 11 is 0. The van der Waals surface area contributed by atoms with E-state index in [-0.39, 0.29) is 24.8 Å². The molecule has 1 heterocycles. The molecule has 0 atom stereocenters. The lowest BCUT2D eigenvalue weighted by Crippen LogP contribution is -2.36. The summed E-state index contributed by atoms with van der Waals surface area (Å²) in [5, 5.41) is 0. The third-order valence-corrected chi connectivity index (χ3v) is 3.25. The van der Waals surface area contributed by atoms with Gasteiger partial charge in [0.2, 0.25) is 0 Å².